The first-order valence-corrected chi connectivity index (χ1v) is 9.59. The summed E-state index contributed by atoms with van der Waals surface area (Å²) in [6.07, 6.45) is 1.28. The molecule has 3 nitrogen and oxygen atoms in total. The Hall–Kier alpha value is -2.72. The molecule has 28 heavy (non-hydrogen) atoms. The van der Waals surface area contributed by atoms with Crippen LogP contribution < -0.4 is 4.74 Å². The lowest BCUT2D eigenvalue weighted by Gasteiger charge is -2.07. The number of hydrogen-bond acceptors (Lipinski definition) is 3. The molecule has 3 aromatic rings. The fourth-order valence-corrected chi connectivity index (χ4v) is 2.32. The lowest BCUT2D eigenvalue weighted by atomic mass is 10.1. The Morgan fingerprint density at radius 1 is 1.00 bits per heavy atom. The Bertz CT molecular complexity index is 854. The number of allylic oxidation sites excluding steroid dienone is 1. The van der Waals surface area contributed by atoms with E-state index in [1.807, 2.05) is 49.4 Å². The van der Waals surface area contributed by atoms with Gasteiger partial charge in [0.05, 0.1) is 7.11 Å². The highest BCUT2D eigenvalue weighted by atomic mass is 79.9. The third-order valence-electron chi connectivity index (χ3n) is 3.58. The summed E-state index contributed by atoms with van der Waals surface area (Å²) in [6.45, 7) is 8.71. The zero-order valence-corrected chi connectivity index (χ0v) is 18.4. The SMILES string of the molecule is C=CC(C)=O.COc1nc(C)ccc1-c1ccccc1.Cc1ccc(Br)cc1. The van der Waals surface area contributed by atoms with Gasteiger partial charge in [-0.3, -0.25) is 4.79 Å². The van der Waals surface area contributed by atoms with Gasteiger partial charge in [0, 0.05) is 15.7 Å². The van der Waals surface area contributed by atoms with Crippen LogP contribution in [0.15, 0.2) is 83.9 Å². The highest BCUT2D eigenvalue weighted by Crippen LogP contribution is 2.27. The maximum absolute atomic E-state index is 9.69. The van der Waals surface area contributed by atoms with Crippen molar-refractivity contribution in [2.75, 3.05) is 7.11 Å². The van der Waals surface area contributed by atoms with Crippen LogP contribution in [0.1, 0.15) is 18.2 Å². The number of benzene rings is 2. The maximum atomic E-state index is 9.69. The first kappa shape index (κ1) is 23.3. The topological polar surface area (TPSA) is 39.2 Å². The third-order valence-corrected chi connectivity index (χ3v) is 4.10. The average molecular weight is 440 g/mol. The summed E-state index contributed by atoms with van der Waals surface area (Å²) in [7, 11) is 1.65. The normalized spacial score (nSPS) is 9.18. The molecule has 0 saturated heterocycles. The van der Waals surface area contributed by atoms with Gasteiger partial charge in [0.1, 0.15) is 0 Å². The molecule has 0 amide bonds. The van der Waals surface area contributed by atoms with Gasteiger partial charge in [0.2, 0.25) is 5.88 Å². The summed E-state index contributed by atoms with van der Waals surface area (Å²) in [5.74, 6) is 0.700. The number of methoxy groups -OCH3 is 1. The van der Waals surface area contributed by atoms with Crippen molar-refractivity contribution in [3.05, 3.63) is 95.1 Å². The summed E-state index contributed by atoms with van der Waals surface area (Å²) in [5, 5.41) is 0. The monoisotopic (exact) mass is 439 g/mol. The molecule has 0 radical (unpaired) electrons. The van der Waals surface area contributed by atoms with Crippen LogP contribution in [0.3, 0.4) is 0 Å². The standard InChI is InChI=1S/C13H13NO.C7H7Br.C4H6O/c1-10-8-9-12(13(14-10)15-2)11-6-4-3-5-7-11;1-6-2-4-7(8)5-3-6;1-3-4(2)5/h3-9H,1-2H3;2-5H,1H3;3H,1H2,2H3. The highest BCUT2D eigenvalue weighted by Gasteiger charge is 2.06. The van der Waals surface area contributed by atoms with Crippen LogP contribution in [0.25, 0.3) is 11.1 Å². The van der Waals surface area contributed by atoms with Crippen molar-refractivity contribution in [2.45, 2.75) is 20.8 Å². The first-order chi connectivity index (χ1) is 13.4. The first-order valence-electron chi connectivity index (χ1n) is 8.79. The number of rotatable bonds is 3. The Balaban J connectivity index is 0.000000253. The summed E-state index contributed by atoms with van der Waals surface area (Å²) < 4.78 is 6.41. The molecule has 0 fully saturated rings. The number of ketones is 1. The number of ether oxygens (including phenoxy) is 1. The number of nitrogens with zero attached hydrogens (tertiary/aromatic N) is 1. The van der Waals surface area contributed by atoms with Gasteiger partial charge >= 0.3 is 0 Å². The predicted molar refractivity (Wildman–Crippen MR) is 121 cm³/mol. The smallest absolute Gasteiger partial charge is 0.221 e. The molecule has 0 aliphatic carbocycles. The van der Waals surface area contributed by atoms with E-state index in [4.69, 9.17) is 4.74 Å². The van der Waals surface area contributed by atoms with E-state index in [1.54, 1.807) is 7.11 Å². The van der Waals surface area contributed by atoms with Gasteiger partial charge < -0.3 is 4.74 Å². The molecule has 2 aromatic carbocycles. The Morgan fingerprint density at radius 3 is 2.04 bits per heavy atom. The summed E-state index contributed by atoms with van der Waals surface area (Å²) >= 11 is 3.35. The van der Waals surface area contributed by atoms with Crippen LogP contribution in [-0.4, -0.2) is 17.9 Å². The van der Waals surface area contributed by atoms with Gasteiger partial charge in [-0.2, -0.15) is 0 Å². The van der Waals surface area contributed by atoms with Crippen molar-refractivity contribution < 1.29 is 9.53 Å². The Morgan fingerprint density at radius 2 is 1.57 bits per heavy atom. The van der Waals surface area contributed by atoms with Crippen molar-refractivity contribution in [1.82, 2.24) is 4.98 Å². The minimum Gasteiger partial charge on any atom is -0.481 e. The van der Waals surface area contributed by atoms with Gasteiger partial charge in [0.25, 0.3) is 0 Å². The van der Waals surface area contributed by atoms with E-state index >= 15 is 0 Å². The molecule has 0 bridgehead atoms. The molecule has 3 rings (SSSR count). The van der Waals surface area contributed by atoms with Crippen molar-refractivity contribution in [2.24, 2.45) is 0 Å². The molecular weight excluding hydrogens is 414 g/mol. The quantitative estimate of drug-likeness (QED) is 0.432. The third kappa shape index (κ3) is 8.78. The highest BCUT2D eigenvalue weighted by molar-refractivity contribution is 9.10. The Labute approximate surface area is 176 Å². The van der Waals surface area contributed by atoms with Crippen LogP contribution in [0.4, 0.5) is 0 Å². The molecule has 0 unspecified atom stereocenters. The van der Waals surface area contributed by atoms with Gasteiger partial charge in [-0.1, -0.05) is 70.5 Å². The molecule has 0 atom stereocenters. The second kappa shape index (κ2) is 12.6. The lowest BCUT2D eigenvalue weighted by Crippen LogP contribution is -1.93. The van der Waals surface area contributed by atoms with Crippen molar-refractivity contribution in [3.63, 3.8) is 0 Å². The van der Waals surface area contributed by atoms with Gasteiger partial charge in [-0.25, -0.2) is 4.98 Å². The van der Waals surface area contributed by atoms with Gasteiger partial charge in [0.15, 0.2) is 5.78 Å². The minimum absolute atomic E-state index is 0.0185. The van der Waals surface area contributed by atoms with E-state index in [2.05, 4.69) is 58.7 Å². The van der Waals surface area contributed by atoms with Crippen LogP contribution >= 0.6 is 15.9 Å². The summed E-state index contributed by atoms with van der Waals surface area (Å²) in [5.41, 5.74) is 4.42. The summed E-state index contributed by atoms with van der Waals surface area (Å²) in [6, 6.07) is 22.4. The number of pyridine rings is 1. The molecule has 0 N–H and O–H groups in total. The predicted octanol–water partition coefficient (Wildman–Crippen LogP) is 6.58. The average Bonchev–Trinajstić information content (AvgIpc) is 2.71. The van der Waals surface area contributed by atoms with E-state index < -0.39 is 0 Å². The number of aromatic nitrogens is 1. The molecule has 0 aliphatic heterocycles. The largest absolute Gasteiger partial charge is 0.481 e. The van der Waals surface area contributed by atoms with E-state index in [-0.39, 0.29) is 5.78 Å². The number of aryl methyl sites for hydroxylation is 2. The van der Waals surface area contributed by atoms with Crippen LogP contribution in [0, 0.1) is 13.8 Å². The molecular formula is C24H26BrNO2. The van der Waals surface area contributed by atoms with Gasteiger partial charge in [-0.15, -0.1) is 0 Å². The zero-order chi connectivity index (χ0) is 20.9. The van der Waals surface area contributed by atoms with Crippen LogP contribution in [0.5, 0.6) is 5.88 Å². The molecule has 4 heteroatoms. The van der Waals surface area contributed by atoms with Crippen molar-refractivity contribution >= 4 is 21.7 Å². The molecule has 1 heterocycles. The lowest BCUT2D eigenvalue weighted by molar-refractivity contribution is -0.112. The zero-order valence-electron chi connectivity index (χ0n) is 16.8. The van der Waals surface area contributed by atoms with Crippen LogP contribution in [0.2, 0.25) is 0 Å². The van der Waals surface area contributed by atoms with E-state index in [0.717, 1.165) is 21.3 Å². The number of carbonyl (C=O) groups excluding carboxylic acids is 1. The van der Waals surface area contributed by atoms with Crippen molar-refractivity contribution in [3.8, 4) is 17.0 Å². The number of hydrogen-bond donors (Lipinski definition) is 0. The molecule has 0 spiro atoms. The fraction of sp³-hybridized carbons (Fsp3) is 0.167. The van der Waals surface area contributed by atoms with Gasteiger partial charge in [-0.05, 0) is 56.7 Å². The minimum atomic E-state index is 0.0185. The fourth-order valence-electron chi connectivity index (χ4n) is 2.06. The number of carbonyl (C=O) groups is 1. The van der Waals surface area contributed by atoms with Crippen molar-refractivity contribution in [1.29, 1.82) is 0 Å². The molecule has 0 aliphatic rings. The molecule has 146 valence electrons. The van der Waals surface area contributed by atoms with E-state index in [1.165, 1.54) is 18.6 Å². The molecule has 1 aromatic heterocycles. The number of halogens is 1. The Kier molecular flexibility index (Phi) is 10.5. The second-order valence-electron chi connectivity index (χ2n) is 5.99. The van der Waals surface area contributed by atoms with E-state index in [0.29, 0.717) is 5.88 Å². The maximum Gasteiger partial charge on any atom is 0.221 e. The van der Waals surface area contributed by atoms with Crippen LogP contribution in [-0.2, 0) is 4.79 Å². The second-order valence-corrected chi connectivity index (χ2v) is 6.90. The summed E-state index contributed by atoms with van der Waals surface area (Å²) in [4.78, 5) is 14.0. The van der Waals surface area contributed by atoms with E-state index in [9.17, 15) is 4.79 Å². The molecule has 0 saturated carbocycles.